The summed E-state index contributed by atoms with van der Waals surface area (Å²) in [5.74, 6) is 0.733. The van der Waals surface area contributed by atoms with Crippen LogP contribution in [0.5, 0.6) is 5.75 Å². The Morgan fingerprint density at radius 3 is 2.96 bits per heavy atom. The van der Waals surface area contributed by atoms with Gasteiger partial charge in [-0.25, -0.2) is 4.98 Å². The average molecular weight is 332 g/mol. The van der Waals surface area contributed by atoms with E-state index >= 15 is 0 Å². The number of hydrogen-bond donors (Lipinski definition) is 1. The molecule has 3 aromatic heterocycles. The molecule has 0 amide bonds. The van der Waals surface area contributed by atoms with Crippen LogP contribution in [0.25, 0.3) is 28.1 Å². The van der Waals surface area contributed by atoms with Crippen LogP contribution >= 0.6 is 0 Å². The zero-order chi connectivity index (χ0) is 17.0. The van der Waals surface area contributed by atoms with Gasteiger partial charge in [0.05, 0.1) is 11.9 Å². The summed E-state index contributed by atoms with van der Waals surface area (Å²) in [6.07, 6.45) is 3.93. The molecule has 4 heterocycles. The molecule has 0 bridgehead atoms. The van der Waals surface area contributed by atoms with E-state index in [-0.39, 0.29) is 5.75 Å². The Morgan fingerprint density at radius 1 is 1.12 bits per heavy atom. The van der Waals surface area contributed by atoms with Gasteiger partial charge in [0.25, 0.3) is 0 Å². The lowest BCUT2D eigenvalue weighted by molar-refractivity contribution is 0.480. The van der Waals surface area contributed by atoms with Crippen molar-refractivity contribution >= 4 is 22.2 Å². The van der Waals surface area contributed by atoms with Gasteiger partial charge < -0.3 is 10.0 Å². The second-order valence-electron chi connectivity index (χ2n) is 6.34. The number of phenolic OH excluding ortho intramolecular Hbond substituents is 1. The van der Waals surface area contributed by atoms with Crippen LogP contribution in [0.15, 0.2) is 36.5 Å². The minimum Gasteiger partial charge on any atom is -0.506 e. The third-order valence-corrected chi connectivity index (χ3v) is 4.77. The van der Waals surface area contributed by atoms with E-state index in [0.717, 1.165) is 36.1 Å². The smallest absolute Gasteiger partial charge is 0.203 e. The largest absolute Gasteiger partial charge is 0.506 e. The van der Waals surface area contributed by atoms with Gasteiger partial charge in [-0.05, 0) is 25.0 Å². The minimum absolute atomic E-state index is 0.153. The predicted molar refractivity (Wildman–Crippen MR) is 94.8 cm³/mol. The molecule has 0 atom stereocenters. The average Bonchev–Trinajstić information content (AvgIpc) is 3.07. The molecule has 0 aliphatic carbocycles. The molecule has 0 saturated carbocycles. The van der Waals surface area contributed by atoms with E-state index in [0.29, 0.717) is 17.0 Å². The van der Waals surface area contributed by atoms with Crippen LogP contribution in [0.1, 0.15) is 12.0 Å². The summed E-state index contributed by atoms with van der Waals surface area (Å²) in [5.41, 5.74) is 4.25. The first-order chi connectivity index (χ1) is 12.2. The van der Waals surface area contributed by atoms with Gasteiger partial charge in [-0.2, -0.15) is 9.61 Å². The van der Waals surface area contributed by atoms with Crippen molar-refractivity contribution in [3.8, 4) is 17.3 Å². The monoisotopic (exact) mass is 332 g/mol. The van der Waals surface area contributed by atoms with E-state index in [1.54, 1.807) is 16.6 Å². The minimum atomic E-state index is 0.153. The highest BCUT2D eigenvalue weighted by Gasteiger charge is 2.21. The second kappa shape index (κ2) is 5.14. The molecular weight excluding hydrogens is 316 g/mol. The fourth-order valence-corrected chi connectivity index (χ4v) is 3.48. The van der Waals surface area contributed by atoms with E-state index in [2.05, 4.69) is 32.2 Å². The van der Waals surface area contributed by atoms with Crippen molar-refractivity contribution in [2.24, 2.45) is 0 Å². The maximum absolute atomic E-state index is 10.1. The Hall–Kier alpha value is -3.22. The van der Waals surface area contributed by atoms with E-state index in [1.807, 2.05) is 24.4 Å². The highest BCUT2D eigenvalue weighted by molar-refractivity contribution is 5.86. The lowest BCUT2D eigenvalue weighted by Crippen LogP contribution is -2.25. The normalized spacial score (nSPS) is 14.2. The topological polar surface area (TPSA) is 79.4 Å². The quantitative estimate of drug-likeness (QED) is 0.577. The van der Waals surface area contributed by atoms with E-state index < -0.39 is 0 Å². The first-order valence-electron chi connectivity index (χ1n) is 8.26. The number of pyridine rings is 1. The van der Waals surface area contributed by atoms with Gasteiger partial charge in [0.1, 0.15) is 17.0 Å². The number of benzene rings is 1. The zero-order valence-corrected chi connectivity index (χ0v) is 13.7. The molecule has 5 rings (SSSR count). The zero-order valence-electron chi connectivity index (χ0n) is 13.7. The van der Waals surface area contributed by atoms with Crippen molar-refractivity contribution in [2.45, 2.75) is 12.8 Å². The SMILES string of the molecule is CN1CCCc2c1cnn1c(-c3ccc4cccc(O)c4n3)nnc21. The van der Waals surface area contributed by atoms with Crippen molar-refractivity contribution in [1.82, 2.24) is 24.8 Å². The molecule has 0 unspecified atom stereocenters. The van der Waals surface area contributed by atoms with Gasteiger partial charge in [0, 0.05) is 24.5 Å². The third kappa shape index (κ3) is 2.05. The standard InChI is InChI=1S/C18H16N6O/c1-23-9-3-5-12-14(23)10-19-24-17(12)21-22-18(24)13-8-7-11-4-2-6-15(25)16(11)20-13/h2,4,6-8,10,25H,3,5,9H2,1H3. The molecule has 0 spiro atoms. The number of fused-ring (bicyclic) bond motifs is 4. The van der Waals surface area contributed by atoms with Crippen molar-refractivity contribution in [3.05, 3.63) is 42.1 Å². The van der Waals surface area contributed by atoms with Crippen LogP contribution < -0.4 is 4.90 Å². The Kier molecular flexibility index (Phi) is 2.91. The van der Waals surface area contributed by atoms with Gasteiger partial charge in [-0.3, -0.25) is 0 Å². The molecule has 1 N–H and O–H groups in total. The highest BCUT2D eigenvalue weighted by atomic mass is 16.3. The molecule has 124 valence electrons. The van der Waals surface area contributed by atoms with Crippen molar-refractivity contribution < 1.29 is 5.11 Å². The first-order valence-corrected chi connectivity index (χ1v) is 8.26. The number of phenols is 1. The Bertz CT molecular complexity index is 1120. The molecule has 0 fully saturated rings. The van der Waals surface area contributed by atoms with E-state index in [9.17, 15) is 5.11 Å². The lowest BCUT2D eigenvalue weighted by atomic mass is 10.1. The number of anilines is 1. The Balaban J connectivity index is 1.73. The third-order valence-electron chi connectivity index (χ3n) is 4.77. The van der Waals surface area contributed by atoms with Crippen molar-refractivity contribution in [1.29, 1.82) is 0 Å². The van der Waals surface area contributed by atoms with Crippen LogP contribution in [0.2, 0.25) is 0 Å². The van der Waals surface area contributed by atoms with Gasteiger partial charge in [-0.15, -0.1) is 10.2 Å². The van der Waals surface area contributed by atoms with Gasteiger partial charge in [-0.1, -0.05) is 18.2 Å². The summed E-state index contributed by atoms with van der Waals surface area (Å²) in [7, 11) is 2.07. The van der Waals surface area contributed by atoms with Gasteiger partial charge in [0.2, 0.25) is 5.82 Å². The Morgan fingerprint density at radius 2 is 2.04 bits per heavy atom. The number of para-hydroxylation sites is 1. The molecule has 0 saturated heterocycles. The summed E-state index contributed by atoms with van der Waals surface area (Å²) in [4.78, 5) is 6.77. The van der Waals surface area contributed by atoms with E-state index in [4.69, 9.17) is 0 Å². The molecule has 1 aromatic carbocycles. The van der Waals surface area contributed by atoms with Gasteiger partial charge >= 0.3 is 0 Å². The maximum Gasteiger partial charge on any atom is 0.203 e. The van der Waals surface area contributed by atoms with Crippen LogP contribution in [0.3, 0.4) is 0 Å². The molecule has 1 aliphatic rings. The molecule has 7 nitrogen and oxygen atoms in total. The van der Waals surface area contributed by atoms with E-state index in [1.165, 1.54) is 5.56 Å². The molecule has 25 heavy (non-hydrogen) atoms. The summed E-state index contributed by atoms with van der Waals surface area (Å²) in [6, 6.07) is 9.15. The van der Waals surface area contributed by atoms with Gasteiger partial charge in [0.15, 0.2) is 5.65 Å². The van der Waals surface area contributed by atoms with Crippen LogP contribution in [-0.2, 0) is 6.42 Å². The summed E-state index contributed by atoms with van der Waals surface area (Å²) >= 11 is 0. The van der Waals surface area contributed by atoms with Crippen LogP contribution in [0, 0.1) is 0 Å². The van der Waals surface area contributed by atoms with Crippen molar-refractivity contribution in [3.63, 3.8) is 0 Å². The summed E-state index contributed by atoms with van der Waals surface area (Å²) < 4.78 is 1.74. The highest BCUT2D eigenvalue weighted by Crippen LogP contribution is 2.30. The molecule has 7 heteroatoms. The molecular formula is C18H16N6O. The summed E-state index contributed by atoms with van der Waals surface area (Å²) in [5, 5.41) is 24.2. The number of rotatable bonds is 1. The number of hydrogen-bond acceptors (Lipinski definition) is 6. The number of aryl methyl sites for hydroxylation is 1. The number of aromatic hydroxyl groups is 1. The predicted octanol–water partition coefficient (Wildman–Crippen LogP) is 2.43. The fourth-order valence-electron chi connectivity index (χ4n) is 3.48. The summed E-state index contributed by atoms with van der Waals surface area (Å²) in [6.45, 7) is 1.03. The maximum atomic E-state index is 10.1. The lowest BCUT2D eigenvalue weighted by Gasteiger charge is -2.26. The second-order valence-corrected chi connectivity index (χ2v) is 6.34. The number of nitrogens with zero attached hydrogens (tertiary/aromatic N) is 6. The van der Waals surface area contributed by atoms with Crippen molar-refractivity contribution in [2.75, 3.05) is 18.5 Å². The first kappa shape index (κ1) is 14.2. The van der Waals surface area contributed by atoms with Crippen LogP contribution in [0.4, 0.5) is 5.69 Å². The number of aromatic nitrogens is 5. The Labute approximate surface area is 143 Å². The van der Waals surface area contributed by atoms with Crippen LogP contribution in [-0.4, -0.2) is 43.5 Å². The fraction of sp³-hybridized carbons (Fsp3) is 0.222. The molecule has 1 aliphatic heterocycles. The molecule has 0 radical (unpaired) electrons. The molecule has 4 aromatic rings.